The third kappa shape index (κ3) is 2.56. The largest absolute Gasteiger partial charge is 0.395 e. The van der Waals surface area contributed by atoms with E-state index in [0.717, 1.165) is 18.9 Å². The van der Waals surface area contributed by atoms with Crippen molar-refractivity contribution < 1.29 is 5.11 Å². The maximum atomic E-state index is 9.07. The molecule has 2 atom stereocenters. The van der Waals surface area contributed by atoms with Gasteiger partial charge < -0.3 is 10.4 Å². The van der Waals surface area contributed by atoms with E-state index in [0.29, 0.717) is 6.04 Å². The van der Waals surface area contributed by atoms with Gasteiger partial charge in [-0.3, -0.25) is 0 Å². The molecule has 2 rings (SSSR count). The maximum absolute atomic E-state index is 9.07. The number of aliphatic hydroxyl groups excluding tert-OH is 1. The molecule has 3 heteroatoms. The SMILES string of the molecule is OCC1CC(Cc2cccs2)CCN1. The van der Waals surface area contributed by atoms with Crippen LogP contribution in [0.1, 0.15) is 17.7 Å². The molecule has 1 aliphatic rings. The lowest BCUT2D eigenvalue weighted by Crippen LogP contribution is -2.40. The third-order valence-electron chi connectivity index (χ3n) is 2.89. The number of thiophene rings is 1. The zero-order chi connectivity index (χ0) is 9.80. The van der Waals surface area contributed by atoms with E-state index in [1.807, 2.05) is 11.3 Å². The van der Waals surface area contributed by atoms with Gasteiger partial charge in [-0.1, -0.05) is 6.07 Å². The summed E-state index contributed by atoms with van der Waals surface area (Å²) in [7, 11) is 0. The van der Waals surface area contributed by atoms with E-state index in [-0.39, 0.29) is 6.61 Å². The third-order valence-corrected chi connectivity index (χ3v) is 3.79. The molecule has 0 amide bonds. The minimum atomic E-state index is 0.279. The second-order valence-electron chi connectivity index (χ2n) is 4.01. The number of nitrogens with one attached hydrogen (secondary N) is 1. The summed E-state index contributed by atoms with van der Waals surface area (Å²) in [5.41, 5.74) is 0. The minimum absolute atomic E-state index is 0.279. The molecule has 2 unspecified atom stereocenters. The van der Waals surface area contributed by atoms with Crippen LogP contribution in [0.5, 0.6) is 0 Å². The first kappa shape index (κ1) is 10.1. The summed E-state index contributed by atoms with van der Waals surface area (Å²) in [6, 6.07) is 4.65. The van der Waals surface area contributed by atoms with Crippen molar-refractivity contribution in [2.24, 2.45) is 5.92 Å². The summed E-state index contributed by atoms with van der Waals surface area (Å²) >= 11 is 1.84. The van der Waals surface area contributed by atoms with E-state index in [9.17, 15) is 0 Å². The normalized spacial score (nSPS) is 27.8. The summed E-state index contributed by atoms with van der Waals surface area (Å²) in [6.45, 7) is 1.34. The van der Waals surface area contributed by atoms with Gasteiger partial charge in [0.15, 0.2) is 0 Å². The second-order valence-corrected chi connectivity index (χ2v) is 5.04. The van der Waals surface area contributed by atoms with Crippen LogP contribution in [0.3, 0.4) is 0 Å². The first-order valence-electron chi connectivity index (χ1n) is 5.25. The molecular formula is C11H17NOS. The lowest BCUT2D eigenvalue weighted by atomic mass is 9.89. The minimum Gasteiger partial charge on any atom is -0.395 e. The van der Waals surface area contributed by atoms with Crippen LogP contribution in [0.2, 0.25) is 0 Å². The fraction of sp³-hybridized carbons (Fsp3) is 0.636. The summed E-state index contributed by atoms with van der Waals surface area (Å²) < 4.78 is 0. The zero-order valence-corrected chi connectivity index (χ0v) is 9.09. The first-order chi connectivity index (χ1) is 6.88. The summed E-state index contributed by atoms with van der Waals surface area (Å²) in [5.74, 6) is 0.757. The van der Waals surface area contributed by atoms with Gasteiger partial charge >= 0.3 is 0 Å². The molecule has 2 heterocycles. The van der Waals surface area contributed by atoms with Gasteiger partial charge in [0.1, 0.15) is 0 Å². The van der Waals surface area contributed by atoms with Crippen LogP contribution in [0, 0.1) is 5.92 Å². The molecule has 0 radical (unpaired) electrons. The van der Waals surface area contributed by atoms with Crippen molar-refractivity contribution in [1.29, 1.82) is 0 Å². The Bertz CT molecular complexity index is 260. The van der Waals surface area contributed by atoms with Crippen molar-refractivity contribution in [1.82, 2.24) is 5.32 Å². The molecule has 1 fully saturated rings. The van der Waals surface area contributed by atoms with Crippen LogP contribution in [0.4, 0.5) is 0 Å². The number of hydrogen-bond acceptors (Lipinski definition) is 3. The van der Waals surface area contributed by atoms with Gasteiger partial charge in [-0.25, -0.2) is 0 Å². The number of piperidine rings is 1. The molecule has 0 aromatic carbocycles. The van der Waals surface area contributed by atoms with E-state index < -0.39 is 0 Å². The maximum Gasteiger partial charge on any atom is 0.0584 e. The van der Waals surface area contributed by atoms with Crippen LogP contribution in [-0.4, -0.2) is 24.3 Å². The van der Waals surface area contributed by atoms with Crippen LogP contribution >= 0.6 is 11.3 Å². The van der Waals surface area contributed by atoms with Crippen molar-refractivity contribution in [2.45, 2.75) is 25.3 Å². The van der Waals surface area contributed by atoms with Crippen molar-refractivity contribution >= 4 is 11.3 Å². The second kappa shape index (κ2) is 4.91. The standard InChI is InChI=1S/C11H17NOS/c13-8-10-6-9(3-4-12-10)7-11-2-1-5-14-11/h1-2,5,9-10,12-13H,3-4,6-8H2. The molecule has 0 aliphatic carbocycles. The van der Waals surface area contributed by atoms with Gasteiger partial charge in [0.25, 0.3) is 0 Å². The monoisotopic (exact) mass is 211 g/mol. The summed E-state index contributed by atoms with van der Waals surface area (Å²) in [5, 5.41) is 14.5. The van der Waals surface area contributed by atoms with E-state index >= 15 is 0 Å². The highest BCUT2D eigenvalue weighted by molar-refractivity contribution is 7.09. The van der Waals surface area contributed by atoms with Crippen molar-refractivity contribution in [3.8, 4) is 0 Å². The summed E-state index contributed by atoms with van der Waals surface area (Å²) in [6.07, 6.45) is 3.55. The molecule has 0 bridgehead atoms. The number of rotatable bonds is 3. The Morgan fingerprint density at radius 3 is 3.21 bits per heavy atom. The van der Waals surface area contributed by atoms with Crippen LogP contribution in [-0.2, 0) is 6.42 Å². The van der Waals surface area contributed by atoms with Crippen LogP contribution in [0.25, 0.3) is 0 Å². The molecule has 1 aliphatic heterocycles. The Hall–Kier alpha value is -0.380. The predicted octanol–water partition coefficient (Wildman–Crippen LogP) is 1.65. The Kier molecular flexibility index (Phi) is 3.56. The Morgan fingerprint density at radius 2 is 2.50 bits per heavy atom. The molecule has 0 saturated carbocycles. The average Bonchev–Trinajstić information content (AvgIpc) is 2.71. The lowest BCUT2D eigenvalue weighted by Gasteiger charge is -2.28. The van der Waals surface area contributed by atoms with Crippen LogP contribution in [0.15, 0.2) is 17.5 Å². The highest BCUT2D eigenvalue weighted by Crippen LogP contribution is 2.23. The molecule has 0 spiro atoms. The molecule has 1 aromatic rings. The van der Waals surface area contributed by atoms with Crippen molar-refractivity contribution in [2.75, 3.05) is 13.2 Å². The van der Waals surface area contributed by atoms with Gasteiger partial charge in [0.2, 0.25) is 0 Å². The molecular weight excluding hydrogens is 194 g/mol. The number of aliphatic hydroxyl groups is 1. The van der Waals surface area contributed by atoms with E-state index in [2.05, 4.69) is 22.8 Å². The fourth-order valence-corrected chi connectivity index (χ4v) is 2.95. The highest BCUT2D eigenvalue weighted by Gasteiger charge is 2.20. The molecule has 2 nitrogen and oxygen atoms in total. The van der Waals surface area contributed by atoms with Crippen molar-refractivity contribution in [3.05, 3.63) is 22.4 Å². The lowest BCUT2D eigenvalue weighted by molar-refractivity contribution is 0.192. The Labute approximate surface area is 89.0 Å². The quantitative estimate of drug-likeness (QED) is 0.797. The fourth-order valence-electron chi connectivity index (χ4n) is 2.13. The van der Waals surface area contributed by atoms with E-state index in [4.69, 9.17) is 5.11 Å². The van der Waals surface area contributed by atoms with Gasteiger partial charge in [-0.05, 0) is 43.2 Å². The Balaban J connectivity index is 1.86. The van der Waals surface area contributed by atoms with Gasteiger partial charge in [-0.15, -0.1) is 11.3 Å². The summed E-state index contributed by atoms with van der Waals surface area (Å²) in [4.78, 5) is 1.48. The molecule has 2 N–H and O–H groups in total. The molecule has 1 aromatic heterocycles. The molecule has 14 heavy (non-hydrogen) atoms. The zero-order valence-electron chi connectivity index (χ0n) is 8.28. The smallest absolute Gasteiger partial charge is 0.0584 e. The topological polar surface area (TPSA) is 32.3 Å². The predicted molar refractivity (Wildman–Crippen MR) is 59.6 cm³/mol. The average molecular weight is 211 g/mol. The van der Waals surface area contributed by atoms with Gasteiger partial charge in [0.05, 0.1) is 6.61 Å². The van der Waals surface area contributed by atoms with Gasteiger partial charge in [-0.2, -0.15) is 0 Å². The molecule has 78 valence electrons. The van der Waals surface area contributed by atoms with Crippen LogP contribution < -0.4 is 5.32 Å². The number of hydrogen-bond donors (Lipinski definition) is 2. The molecule has 1 saturated heterocycles. The van der Waals surface area contributed by atoms with Gasteiger partial charge in [0, 0.05) is 10.9 Å². The van der Waals surface area contributed by atoms with Crippen molar-refractivity contribution in [3.63, 3.8) is 0 Å². The Morgan fingerprint density at radius 1 is 1.57 bits per heavy atom. The highest BCUT2D eigenvalue weighted by atomic mass is 32.1. The van der Waals surface area contributed by atoms with E-state index in [1.165, 1.54) is 17.7 Å². The first-order valence-corrected chi connectivity index (χ1v) is 6.13. The van der Waals surface area contributed by atoms with E-state index in [1.54, 1.807) is 0 Å².